The van der Waals surface area contributed by atoms with Crippen molar-refractivity contribution in [2.24, 2.45) is 0 Å². The first-order valence-electron chi connectivity index (χ1n) is 7.86. The van der Waals surface area contributed by atoms with E-state index in [-0.39, 0.29) is 12.5 Å². The molecule has 0 spiro atoms. The number of nitrogens with zero attached hydrogens (tertiary/aromatic N) is 2. The standard InChI is InChI=1S/C19H18BrN3O2/c1-14-2-4-15(5-3-14)12-23-18(10-11-21-23)22-19(24)13-25-17-8-6-16(20)7-9-17/h2-11H,12-13H2,1H3,(H,22,24). The highest BCUT2D eigenvalue weighted by Gasteiger charge is 2.09. The van der Waals surface area contributed by atoms with Crippen LogP contribution in [0.25, 0.3) is 0 Å². The number of halogens is 1. The molecule has 0 radical (unpaired) electrons. The number of aromatic nitrogens is 2. The first-order chi connectivity index (χ1) is 12.1. The first-order valence-corrected chi connectivity index (χ1v) is 8.65. The van der Waals surface area contributed by atoms with E-state index in [1.807, 2.05) is 12.1 Å². The van der Waals surface area contributed by atoms with Gasteiger partial charge >= 0.3 is 0 Å². The molecule has 0 aliphatic heterocycles. The molecular weight excluding hydrogens is 382 g/mol. The van der Waals surface area contributed by atoms with Crippen molar-refractivity contribution in [3.8, 4) is 5.75 Å². The highest BCUT2D eigenvalue weighted by Crippen LogP contribution is 2.16. The van der Waals surface area contributed by atoms with Gasteiger partial charge in [0.25, 0.3) is 5.91 Å². The van der Waals surface area contributed by atoms with Gasteiger partial charge in [-0.25, -0.2) is 4.68 Å². The molecule has 0 atom stereocenters. The Kier molecular flexibility index (Phi) is 5.50. The molecule has 1 aromatic heterocycles. The number of anilines is 1. The topological polar surface area (TPSA) is 56.2 Å². The van der Waals surface area contributed by atoms with E-state index in [1.165, 1.54) is 5.56 Å². The van der Waals surface area contributed by atoms with Gasteiger partial charge in [0.15, 0.2) is 6.61 Å². The van der Waals surface area contributed by atoms with Gasteiger partial charge in [0, 0.05) is 10.5 Å². The van der Waals surface area contributed by atoms with Gasteiger partial charge in [-0.2, -0.15) is 5.10 Å². The number of hydrogen-bond donors (Lipinski definition) is 1. The second-order valence-corrected chi connectivity index (χ2v) is 6.57. The maximum absolute atomic E-state index is 12.1. The normalized spacial score (nSPS) is 10.5. The van der Waals surface area contributed by atoms with E-state index in [1.54, 1.807) is 29.1 Å². The first kappa shape index (κ1) is 17.2. The van der Waals surface area contributed by atoms with Crippen LogP contribution < -0.4 is 10.1 Å². The van der Waals surface area contributed by atoms with Gasteiger partial charge in [-0.3, -0.25) is 4.79 Å². The molecule has 0 aliphatic carbocycles. The number of rotatable bonds is 6. The zero-order valence-corrected chi connectivity index (χ0v) is 15.4. The lowest BCUT2D eigenvalue weighted by Gasteiger charge is -2.10. The third-order valence-electron chi connectivity index (χ3n) is 3.62. The average molecular weight is 400 g/mol. The smallest absolute Gasteiger partial charge is 0.263 e. The van der Waals surface area contributed by atoms with Crippen LogP contribution in [0.2, 0.25) is 0 Å². The number of aryl methyl sites for hydroxylation is 1. The van der Waals surface area contributed by atoms with Crippen molar-refractivity contribution in [3.63, 3.8) is 0 Å². The van der Waals surface area contributed by atoms with Gasteiger partial charge in [-0.15, -0.1) is 0 Å². The van der Waals surface area contributed by atoms with Crippen LogP contribution in [-0.4, -0.2) is 22.3 Å². The molecule has 1 amide bonds. The molecule has 25 heavy (non-hydrogen) atoms. The lowest BCUT2D eigenvalue weighted by Crippen LogP contribution is -2.22. The molecule has 3 aromatic rings. The highest BCUT2D eigenvalue weighted by atomic mass is 79.9. The maximum Gasteiger partial charge on any atom is 0.263 e. The van der Waals surface area contributed by atoms with Crippen molar-refractivity contribution in [1.29, 1.82) is 0 Å². The molecule has 5 nitrogen and oxygen atoms in total. The quantitative estimate of drug-likeness (QED) is 0.680. The lowest BCUT2D eigenvalue weighted by atomic mass is 10.1. The zero-order chi connectivity index (χ0) is 17.6. The average Bonchev–Trinajstić information content (AvgIpc) is 3.03. The van der Waals surface area contributed by atoms with Crippen LogP contribution in [-0.2, 0) is 11.3 Å². The molecule has 2 aromatic carbocycles. The van der Waals surface area contributed by atoms with E-state index in [9.17, 15) is 4.79 Å². The lowest BCUT2D eigenvalue weighted by molar-refractivity contribution is -0.118. The summed E-state index contributed by atoms with van der Waals surface area (Å²) in [4.78, 5) is 12.1. The Morgan fingerprint density at radius 2 is 1.84 bits per heavy atom. The summed E-state index contributed by atoms with van der Waals surface area (Å²) < 4.78 is 8.19. The zero-order valence-electron chi connectivity index (χ0n) is 13.8. The minimum absolute atomic E-state index is 0.0582. The summed E-state index contributed by atoms with van der Waals surface area (Å²) >= 11 is 3.36. The number of carbonyl (C=O) groups is 1. The molecule has 128 valence electrons. The third kappa shape index (κ3) is 4.93. The molecule has 3 rings (SSSR count). The van der Waals surface area contributed by atoms with Crippen LogP contribution in [0.4, 0.5) is 5.82 Å². The molecule has 0 saturated heterocycles. The fourth-order valence-corrected chi connectivity index (χ4v) is 2.55. The van der Waals surface area contributed by atoms with Crippen LogP contribution in [0.5, 0.6) is 5.75 Å². The van der Waals surface area contributed by atoms with E-state index < -0.39 is 0 Å². The molecule has 6 heteroatoms. The van der Waals surface area contributed by atoms with Gasteiger partial charge in [0.2, 0.25) is 0 Å². The Morgan fingerprint density at radius 1 is 1.12 bits per heavy atom. The number of hydrogen-bond acceptors (Lipinski definition) is 3. The second-order valence-electron chi connectivity index (χ2n) is 5.65. The molecule has 0 aliphatic rings. The van der Waals surface area contributed by atoms with Crippen LogP contribution >= 0.6 is 15.9 Å². The van der Waals surface area contributed by atoms with Crippen molar-refractivity contribution in [2.45, 2.75) is 13.5 Å². The molecule has 0 saturated carbocycles. The van der Waals surface area contributed by atoms with Gasteiger partial charge < -0.3 is 10.1 Å². The van der Waals surface area contributed by atoms with Crippen LogP contribution in [0.3, 0.4) is 0 Å². The van der Waals surface area contributed by atoms with E-state index in [2.05, 4.69) is 57.5 Å². The van der Waals surface area contributed by atoms with Crippen molar-refractivity contribution in [1.82, 2.24) is 9.78 Å². The molecule has 1 heterocycles. The molecule has 0 unspecified atom stereocenters. The van der Waals surface area contributed by atoms with Gasteiger partial charge in [-0.1, -0.05) is 45.8 Å². The number of benzene rings is 2. The van der Waals surface area contributed by atoms with E-state index in [0.717, 1.165) is 10.0 Å². The Morgan fingerprint density at radius 3 is 2.56 bits per heavy atom. The monoisotopic (exact) mass is 399 g/mol. The van der Waals surface area contributed by atoms with Crippen LogP contribution in [0.1, 0.15) is 11.1 Å². The number of nitrogens with one attached hydrogen (secondary N) is 1. The summed E-state index contributed by atoms with van der Waals surface area (Å²) in [5.41, 5.74) is 2.33. The van der Waals surface area contributed by atoms with Crippen LogP contribution in [0.15, 0.2) is 65.3 Å². The summed E-state index contributed by atoms with van der Waals surface area (Å²) in [7, 11) is 0. The van der Waals surface area contributed by atoms with Crippen molar-refractivity contribution < 1.29 is 9.53 Å². The predicted octanol–water partition coefficient (Wildman–Crippen LogP) is 4.02. The molecular formula is C19H18BrN3O2. The minimum Gasteiger partial charge on any atom is -0.484 e. The van der Waals surface area contributed by atoms with E-state index in [0.29, 0.717) is 18.1 Å². The summed E-state index contributed by atoms with van der Waals surface area (Å²) in [6.45, 7) is 2.59. The Labute approximate surface area is 154 Å². The van der Waals surface area contributed by atoms with Crippen molar-refractivity contribution >= 4 is 27.7 Å². The number of ether oxygens (including phenoxy) is 1. The summed E-state index contributed by atoms with van der Waals surface area (Å²) in [5, 5.41) is 7.10. The molecule has 0 bridgehead atoms. The molecule has 1 N–H and O–H groups in total. The maximum atomic E-state index is 12.1. The Balaban J connectivity index is 1.57. The fraction of sp³-hybridized carbons (Fsp3) is 0.158. The van der Waals surface area contributed by atoms with E-state index >= 15 is 0 Å². The van der Waals surface area contributed by atoms with Crippen LogP contribution in [0, 0.1) is 6.92 Å². The van der Waals surface area contributed by atoms with Crippen molar-refractivity contribution in [2.75, 3.05) is 11.9 Å². The second kappa shape index (κ2) is 7.98. The highest BCUT2D eigenvalue weighted by molar-refractivity contribution is 9.10. The Hall–Kier alpha value is -2.60. The number of carbonyl (C=O) groups excluding carboxylic acids is 1. The van der Waals surface area contributed by atoms with Gasteiger partial charge in [0.05, 0.1) is 12.7 Å². The van der Waals surface area contributed by atoms with Gasteiger partial charge in [-0.05, 0) is 36.8 Å². The van der Waals surface area contributed by atoms with Crippen molar-refractivity contribution in [3.05, 3.63) is 76.4 Å². The number of amides is 1. The fourth-order valence-electron chi connectivity index (χ4n) is 2.29. The Bertz CT molecular complexity index is 842. The SMILES string of the molecule is Cc1ccc(Cn2nccc2NC(=O)COc2ccc(Br)cc2)cc1. The predicted molar refractivity (Wildman–Crippen MR) is 101 cm³/mol. The third-order valence-corrected chi connectivity index (χ3v) is 4.15. The largest absolute Gasteiger partial charge is 0.484 e. The minimum atomic E-state index is -0.228. The summed E-state index contributed by atoms with van der Waals surface area (Å²) in [6, 6.07) is 17.3. The van der Waals surface area contributed by atoms with E-state index in [4.69, 9.17) is 4.74 Å². The summed E-state index contributed by atoms with van der Waals surface area (Å²) in [6.07, 6.45) is 1.67. The summed E-state index contributed by atoms with van der Waals surface area (Å²) in [5.74, 6) is 1.06. The van der Waals surface area contributed by atoms with Gasteiger partial charge in [0.1, 0.15) is 11.6 Å². The molecule has 0 fully saturated rings.